The zero-order chi connectivity index (χ0) is 28.9. The van der Waals surface area contributed by atoms with Gasteiger partial charge in [0, 0.05) is 24.7 Å². The Hall–Kier alpha value is -3.76. The number of nitrogens with zero attached hydrogens (tertiary/aromatic N) is 1. The molecule has 4 rings (SSSR count). The molecule has 1 saturated carbocycles. The van der Waals surface area contributed by atoms with Crippen LogP contribution in [0.4, 0.5) is 10.1 Å². The Labute approximate surface area is 234 Å². The van der Waals surface area contributed by atoms with Crippen molar-refractivity contribution in [3.8, 4) is 11.1 Å². The first kappa shape index (κ1) is 29.2. The number of sulfonamides is 1. The largest absolute Gasteiger partial charge is 0.480 e. The predicted octanol–water partition coefficient (Wildman–Crippen LogP) is 4.73. The molecule has 3 aromatic carbocycles. The molecular formula is C30H34FN3O5S. The van der Waals surface area contributed by atoms with E-state index in [0.717, 1.165) is 22.4 Å². The summed E-state index contributed by atoms with van der Waals surface area (Å²) in [4.78, 5) is 25.5. The molecular weight excluding hydrogens is 533 g/mol. The zero-order valence-corrected chi connectivity index (χ0v) is 23.3. The number of hydrogen-bond donors (Lipinski definition) is 3. The number of likely N-dealkylation sites (N-methyl/N-ethyl adjacent to an activating group) is 1. The van der Waals surface area contributed by atoms with E-state index in [2.05, 4.69) is 10.0 Å². The van der Waals surface area contributed by atoms with Crippen LogP contribution in [0.3, 0.4) is 0 Å². The molecule has 3 aromatic rings. The average molecular weight is 568 g/mol. The summed E-state index contributed by atoms with van der Waals surface area (Å²) in [5.41, 5.74) is 3.31. The Bertz CT molecular complexity index is 1420. The lowest BCUT2D eigenvalue weighted by Gasteiger charge is -2.29. The maximum Gasteiger partial charge on any atom is 0.323 e. The van der Waals surface area contributed by atoms with Gasteiger partial charge in [0.1, 0.15) is 12.4 Å². The molecule has 0 saturated heterocycles. The quantitative estimate of drug-likeness (QED) is 0.326. The van der Waals surface area contributed by atoms with E-state index in [-0.39, 0.29) is 41.2 Å². The van der Waals surface area contributed by atoms with Crippen molar-refractivity contribution in [2.24, 2.45) is 5.92 Å². The number of aliphatic carboxylic acids is 1. The normalized spacial score (nSPS) is 18.1. The van der Waals surface area contributed by atoms with Crippen molar-refractivity contribution in [2.75, 3.05) is 18.5 Å². The van der Waals surface area contributed by atoms with E-state index in [1.807, 2.05) is 31.2 Å². The Morgan fingerprint density at radius 3 is 2.02 bits per heavy atom. The second-order valence-electron chi connectivity index (χ2n) is 10.3. The van der Waals surface area contributed by atoms with E-state index in [1.54, 1.807) is 48.3 Å². The smallest absolute Gasteiger partial charge is 0.323 e. The van der Waals surface area contributed by atoms with Gasteiger partial charge in [-0.15, -0.1) is 0 Å². The number of hydrogen-bond acceptors (Lipinski definition) is 5. The topological polar surface area (TPSA) is 116 Å². The Kier molecular flexibility index (Phi) is 9.21. The predicted molar refractivity (Wildman–Crippen MR) is 152 cm³/mol. The summed E-state index contributed by atoms with van der Waals surface area (Å²) >= 11 is 0. The number of amides is 1. The van der Waals surface area contributed by atoms with E-state index in [0.29, 0.717) is 25.7 Å². The fourth-order valence-electron chi connectivity index (χ4n) is 4.96. The van der Waals surface area contributed by atoms with Gasteiger partial charge in [-0.3, -0.25) is 9.59 Å². The van der Waals surface area contributed by atoms with E-state index in [4.69, 9.17) is 5.11 Å². The van der Waals surface area contributed by atoms with Crippen LogP contribution in [0.15, 0.2) is 77.7 Å². The van der Waals surface area contributed by atoms with Crippen molar-refractivity contribution in [1.29, 1.82) is 0 Å². The molecule has 0 radical (unpaired) electrons. The Morgan fingerprint density at radius 1 is 0.925 bits per heavy atom. The minimum Gasteiger partial charge on any atom is -0.480 e. The molecule has 1 aliphatic carbocycles. The number of carboxylic acid groups (broad SMARTS) is 1. The van der Waals surface area contributed by atoms with Crippen LogP contribution in [0, 0.1) is 11.7 Å². The highest BCUT2D eigenvalue weighted by molar-refractivity contribution is 7.89. The summed E-state index contributed by atoms with van der Waals surface area (Å²) < 4.78 is 42.0. The van der Waals surface area contributed by atoms with Gasteiger partial charge in [0.05, 0.1) is 10.9 Å². The third kappa shape index (κ3) is 7.45. The summed E-state index contributed by atoms with van der Waals surface area (Å²) in [6, 6.07) is 19.5. The summed E-state index contributed by atoms with van der Waals surface area (Å²) in [5.74, 6) is -1.51. The van der Waals surface area contributed by atoms with Gasteiger partial charge in [0.2, 0.25) is 15.9 Å². The molecule has 0 aliphatic heterocycles. The third-order valence-corrected chi connectivity index (χ3v) is 8.86. The first-order valence-corrected chi connectivity index (χ1v) is 14.7. The summed E-state index contributed by atoms with van der Waals surface area (Å²) in [6.45, 7) is 1.75. The van der Waals surface area contributed by atoms with Gasteiger partial charge in [-0.1, -0.05) is 36.4 Å². The third-order valence-electron chi connectivity index (χ3n) is 7.33. The zero-order valence-electron chi connectivity index (χ0n) is 22.5. The lowest BCUT2D eigenvalue weighted by atomic mass is 9.85. The summed E-state index contributed by atoms with van der Waals surface area (Å²) in [6.07, 6.45) is 2.27. The van der Waals surface area contributed by atoms with Gasteiger partial charge < -0.3 is 15.3 Å². The average Bonchev–Trinajstić information content (AvgIpc) is 2.93. The second kappa shape index (κ2) is 12.6. The lowest BCUT2D eigenvalue weighted by molar-refractivity contribution is -0.135. The van der Waals surface area contributed by atoms with Crippen molar-refractivity contribution in [2.45, 2.75) is 49.6 Å². The van der Waals surface area contributed by atoms with Crippen LogP contribution in [-0.2, 0) is 19.6 Å². The van der Waals surface area contributed by atoms with E-state index >= 15 is 0 Å². The molecule has 40 heavy (non-hydrogen) atoms. The van der Waals surface area contributed by atoms with E-state index < -0.39 is 16.0 Å². The fraction of sp³-hybridized carbons (Fsp3) is 0.333. The van der Waals surface area contributed by atoms with E-state index in [9.17, 15) is 22.4 Å². The lowest BCUT2D eigenvalue weighted by Crippen LogP contribution is -2.41. The first-order valence-electron chi connectivity index (χ1n) is 13.2. The monoisotopic (exact) mass is 567 g/mol. The van der Waals surface area contributed by atoms with Gasteiger partial charge in [-0.05, 0) is 85.7 Å². The molecule has 3 N–H and O–H groups in total. The molecule has 212 valence electrons. The molecule has 1 fully saturated rings. The minimum absolute atomic E-state index is 0.0738. The standard InChI is InChI=1S/C30H34FN3O5S/c1-20(21-3-11-25(31)12-4-21)32-30(37)24-5-13-26(14-6-24)33-40(38,39)28-17-9-23(10-18-28)22-7-15-27(16-8-22)34(2)19-29(35)36/h3-4,7-12,15-18,20,24,26,33H,5-6,13-14,19H2,1-2H3,(H,32,37)(H,35,36)/t20-,24?,26?/m1/s1. The number of nitrogens with one attached hydrogen (secondary N) is 2. The van der Waals surface area contributed by atoms with E-state index in [1.165, 1.54) is 12.1 Å². The maximum absolute atomic E-state index is 13.2. The molecule has 0 bridgehead atoms. The van der Waals surface area contributed by atoms with Gasteiger partial charge >= 0.3 is 5.97 Å². The number of carbonyl (C=O) groups is 2. The molecule has 0 spiro atoms. The maximum atomic E-state index is 13.2. The summed E-state index contributed by atoms with van der Waals surface area (Å²) in [7, 11) is -2.03. The highest BCUT2D eigenvalue weighted by Crippen LogP contribution is 2.28. The van der Waals surface area contributed by atoms with Gasteiger partial charge in [0.25, 0.3) is 0 Å². The first-order chi connectivity index (χ1) is 19.0. The molecule has 0 unspecified atom stereocenters. The number of carbonyl (C=O) groups excluding carboxylic acids is 1. The van der Waals surface area contributed by atoms with Crippen molar-refractivity contribution in [1.82, 2.24) is 10.0 Å². The molecule has 8 nitrogen and oxygen atoms in total. The number of carboxylic acids is 1. The molecule has 0 aromatic heterocycles. The molecule has 1 aliphatic rings. The molecule has 0 heterocycles. The SMILES string of the molecule is C[C@@H](NC(=O)C1CCC(NS(=O)(=O)c2ccc(-c3ccc(N(C)CC(=O)O)cc3)cc2)CC1)c1ccc(F)cc1. The van der Waals surface area contributed by atoms with Crippen LogP contribution in [0.5, 0.6) is 0 Å². The van der Waals surface area contributed by atoms with Gasteiger partial charge in [-0.25, -0.2) is 17.5 Å². The second-order valence-corrected chi connectivity index (χ2v) is 12.0. The highest BCUT2D eigenvalue weighted by atomic mass is 32.2. The van der Waals surface area contributed by atoms with Crippen LogP contribution < -0.4 is 14.9 Å². The summed E-state index contributed by atoms with van der Waals surface area (Å²) in [5, 5.41) is 11.9. The number of halogens is 1. The van der Waals surface area contributed by atoms with Crippen molar-refractivity contribution in [3.05, 3.63) is 84.2 Å². The van der Waals surface area contributed by atoms with Gasteiger partial charge in [-0.2, -0.15) is 0 Å². The van der Waals surface area contributed by atoms with Crippen LogP contribution in [0.2, 0.25) is 0 Å². The Morgan fingerprint density at radius 2 is 1.48 bits per heavy atom. The number of anilines is 1. The highest BCUT2D eigenvalue weighted by Gasteiger charge is 2.29. The van der Waals surface area contributed by atoms with Crippen molar-refractivity contribution < 1.29 is 27.5 Å². The minimum atomic E-state index is -3.73. The van der Waals surface area contributed by atoms with Crippen LogP contribution >= 0.6 is 0 Å². The Balaban J connectivity index is 1.29. The van der Waals surface area contributed by atoms with Crippen LogP contribution in [-0.4, -0.2) is 45.0 Å². The van der Waals surface area contributed by atoms with Crippen molar-refractivity contribution in [3.63, 3.8) is 0 Å². The van der Waals surface area contributed by atoms with Crippen LogP contribution in [0.25, 0.3) is 11.1 Å². The molecule has 1 atom stereocenters. The van der Waals surface area contributed by atoms with Crippen molar-refractivity contribution >= 4 is 27.6 Å². The molecule has 1 amide bonds. The number of rotatable bonds is 10. The van der Waals surface area contributed by atoms with Crippen LogP contribution in [0.1, 0.15) is 44.2 Å². The van der Waals surface area contributed by atoms with Gasteiger partial charge in [0.15, 0.2) is 0 Å². The fourth-order valence-corrected chi connectivity index (χ4v) is 6.26. The number of benzene rings is 3. The molecule has 10 heteroatoms.